The molecular weight excluding hydrogens is 368 g/mol. The average Bonchev–Trinajstić information content (AvgIpc) is 3.25. The van der Waals surface area contributed by atoms with Crippen LogP contribution in [-0.2, 0) is 17.8 Å². The normalized spacial score (nSPS) is 10.6. The maximum atomic E-state index is 12.1. The lowest BCUT2D eigenvalue weighted by Crippen LogP contribution is -2.24. The Balaban J connectivity index is 1.37. The Hall–Kier alpha value is -3.38. The minimum atomic E-state index is -0.0213. The van der Waals surface area contributed by atoms with Crippen molar-refractivity contribution in [1.29, 1.82) is 0 Å². The Labute approximate surface area is 167 Å². The largest absolute Gasteiger partial charge is 0.350 e. The van der Waals surface area contributed by atoms with Gasteiger partial charge in [0.15, 0.2) is 0 Å². The number of nitrogens with zero attached hydrogens (tertiary/aromatic N) is 3. The Morgan fingerprint density at radius 1 is 0.929 bits per heavy atom. The third kappa shape index (κ3) is 4.47. The summed E-state index contributed by atoms with van der Waals surface area (Å²) in [6.07, 6.45) is 5.60. The first-order chi connectivity index (χ1) is 13.8. The monoisotopic (exact) mass is 386 g/mol. The molecule has 0 aliphatic carbocycles. The highest BCUT2D eigenvalue weighted by molar-refractivity contribution is 7.13. The van der Waals surface area contributed by atoms with Crippen LogP contribution in [0.5, 0.6) is 0 Å². The van der Waals surface area contributed by atoms with Crippen LogP contribution in [0.15, 0.2) is 78.6 Å². The van der Waals surface area contributed by atoms with Gasteiger partial charge in [-0.1, -0.05) is 30.3 Å². The summed E-state index contributed by atoms with van der Waals surface area (Å²) in [7, 11) is 0. The Bertz CT molecular complexity index is 1050. The van der Waals surface area contributed by atoms with Crippen LogP contribution >= 0.6 is 11.3 Å². The summed E-state index contributed by atoms with van der Waals surface area (Å²) in [6.45, 7) is 0.439. The van der Waals surface area contributed by atoms with Gasteiger partial charge < -0.3 is 5.32 Å². The molecule has 0 spiro atoms. The van der Waals surface area contributed by atoms with Gasteiger partial charge >= 0.3 is 0 Å². The molecule has 0 unspecified atom stereocenters. The summed E-state index contributed by atoms with van der Waals surface area (Å²) in [6, 6.07) is 17.5. The van der Waals surface area contributed by atoms with Crippen LogP contribution in [0.25, 0.3) is 21.8 Å². The van der Waals surface area contributed by atoms with Gasteiger partial charge in [0, 0.05) is 35.1 Å². The van der Waals surface area contributed by atoms with Gasteiger partial charge in [-0.2, -0.15) is 0 Å². The van der Waals surface area contributed by atoms with Gasteiger partial charge in [-0.15, -0.1) is 11.3 Å². The number of carbonyl (C=O) groups is 1. The number of rotatable bonds is 6. The fraction of sp³-hybridized carbons (Fsp3) is 0.0909. The molecule has 4 rings (SSSR count). The number of hydrogen-bond donors (Lipinski definition) is 1. The topological polar surface area (TPSA) is 67.8 Å². The molecule has 3 aromatic heterocycles. The zero-order valence-corrected chi connectivity index (χ0v) is 15.9. The summed E-state index contributed by atoms with van der Waals surface area (Å²) >= 11 is 1.61. The number of amides is 1. The maximum Gasteiger partial charge on any atom is 0.224 e. The van der Waals surface area contributed by atoms with Crippen molar-refractivity contribution in [3.63, 3.8) is 0 Å². The van der Waals surface area contributed by atoms with E-state index in [2.05, 4.69) is 15.3 Å². The highest BCUT2D eigenvalue weighted by atomic mass is 32.1. The van der Waals surface area contributed by atoms with Crippen LogP contribution in [0.4, 0.5) is 0 Å². The van der Waals surface area contributed by atoms with E-state index in [1.54, 1.807) is 29.9 Å². The highest BCUT2D eigenvalue weighted by Gasteiger charge is 2.08. The molecule has 6 heteroatoms. The summed E-state index contributed by atoms with van der Waals surface area (Å²) in [4.78, 5) is 25.1. The third-order valence-electron chi connectivity index (χ3n) is 4.24. The third-order valence-corrected chi connectivity index (χ3v) is 5.13. The number of pyridine rings is 2. The van der Waals surface area contributed by atoms with E-state index in [-0.39, 0.29) is 5.91 Å². The standard InChI is InChI=1S/C22H18N4OS/c27-21(25-14-19-3-1-2-10-24-19)13-16-4-6-17(7-5-16)20-15-28-22(26-20)18-8-11-23-12-9-18/h1-12,15H,13-14H2,(H,25,27). The molecular formula is C22H18N4OS. The van der Waals surface area contributed by atoms with Crippen molar-refractivity contribution in [2.45, 2.75) is 13.0 Å². The van der Waals surface area contributed by atoms with Crippen LogP contribution in [0.3, 0.4) is 0 Å². The Morgan fingerprint density at radius 3 is 2.50 bits per heavy atom. The smallest absolute Gasteiger partial charge is 0.224 e. The van der Waals surface area contributed by atoms with Crippen molar-refractivity contribution >= 4 is 17.2 Å². The average molecular weight is 386 g/mol. The quantitative estimate of drug-likeness (QED) is 0.541. The minimum Gasteiger partial charge on any atom is -0.350 e. The van der Waals surface area contributed by atoms with Gasteiger partial charge in [0.25, 0.3) is 0 Å². The van der Waals surface area contributed by atoms with Crippen molar-refractivity contribution in [2.75, 3.05) is 0 Å². The highest BCUT2D eigenvalue weighted by Crippen LogP contribution is 2.28. The van der Waals surface area contributed by atoms with Crippen molar-refractivity contribution < 1.29 is 4.79 Å². The van der Waals surface area contributed by atoms with Crippen LogP contribution in [-0.4, -0.2) is 20.9 Å². The van der Waals surface area contributed by atoms with Crippen LogP contribution in [0.2, 0.25) is 0 Å². The number of thiazole rings is 1. The molecule has 0 saturated carbocycles. The lowest BCUT2D eigenvalue weighted by molar-refractivity contribution is -0.120. The lowest BCUT2D eigenvalue weighted by atomic mass is 10.1. The molecule has 0 saturated heterocycles. The number of carbonyl (C=O) groups excluding carboxylic acids is 1. The van der Waals surface area contributed by atoms with E-state index in [4.69, 9.17) is 4.98 Å². The SMILES string of the molecule is O=C(Cc1ccc(-c2csc(-c3ccncc3)n2)cc1)NCc1ccccn1. The first-order valence-corrected chi connectivity index (χ1v) is 9.78. The molecule has 5 nitrogen and oxygen atoms in total. The second kappa shape index (κ2) is 8.54. The van der Waals surface area contributed by atoms with E-state index in [0.717, 1.165) is 33.1 Å². The molecule has 28 heavy (non-hydrogen) atoms. The van der Waals surface area contributed by atoms with E-state index in [9.17, 15) is 4.79 Å². The van der Waals surface area contributed by atoms with E-state index >= 15 is 0 Å². The molecule has 1 amide bonds. The van der Waals surface area contributed by atoms with Crippen molar-refractivity contribution in [3.8, 4) is 21.8 Å². The summed E-state index contributed by atoms with van der Waals surface area (Å²) < 4.78 is 0. The van der Waals surface area contributed by atoms with Gasteiger partial charge in [0.1, 0.15) is 5.01 Å². The summed E-state index contributed by atoms with van der Waals surface area (Å²) in [5.41, 5.74) is 4.84. The van der Waals surface area contributed by atoms with Crippen molar-refractivity contribution in [3.05, 3.63) is 89.8 Å². The second-order valence-electron chi connectivity index (χ2n) is 6.25. The van der Waals surface area contributed by atoms with Gasteiger partial charge in [-0.25, -0.2) is 4.98 Å². The van der Waals surface area contributed by atoms with Gasteiger partial charge in [0.05, 0.1) is 24.4 Å². The summed E-state index contributed by atoms with van der Waals surface area (Å²) in [5.74, 6) is -0.0213. The molecule has 4 aromatic rings. The van der Waals surface area contributed by atoms with E-state index in [1.165, 1.54) is 0 Å². The van der Waals surface area contributed by atoms with E-state index in [1.807, 2.05) is 60.0 Å². The molecule has 0 fully saturated rings. The second-order valence-corrected chi connectivity index (χ2v) is 7.10. The fourth-order valence-electron chi connectivity index (χ4n) is 2.77. The number of hydrogen-bond acceptors (Lipinski definition) is 5. The van der Waals surface area contributed by atoms with Crippen LogP contribution < -0.4 is 5.32 Å². The zero-order chi connectivity index (χ0) is 19.2. The maximum absolute atomic E-state index is 12.1. The first-order valence-electron chi connectivity index (χ1n) is 8.90. The van der Waals surface area contributed by atoms with E-state index < -0.39 is 0 Å². The lowest BCUT2D eigenvalue weighted by Gasteiger charge is -2.05. The van der Waals surface area contributed by atoms with Crippen molar-refractivity contribution in [1.82, 2.24) is 20.3 Å². The van der Waals surface area contributed by atoms with Crippen molar-refractivity contribution in [2.24, 2.45) is 0 Å². The first kappa shape index (κ1) is 18.0. The molecule has 1 aromatic carbocycles. The molecule has 138 valence electrons. The number of aromatic nitrogens is 3. The summed E-state index contributed by atoms with van der Waals surface area (Å²) in [5, 5.41) is 5.91. The predicted molar refractivity (Wildman–Crippen MR) is 111 cm³/mol. The van der Waals surface area contributed by atoms with Gasteiger partial charge in [-0.05, 0) is 29.8 Å². The van der Waals surface area contributed by atoms with Gasteiger partial charge in [0.2, 0.25) is 5.91 Å². The van der Waals surface area contributed by atoms with Gasteiger partial charge in [-0.3, -0.25) is 14.8 Å². The predicted octanol–water partition coefficient (Wildman–Crippen LogP) is 4.13. The van der Waals surface area contributed by atoms with Crippen LogP contribution in [0.1, 0.15) is 11.3 Å². The van der Waals surface area contributed by atoms with Crippen LogP contribution in [0, 0.1) is 0 Å². The number of nitrogens with one attached hydrogen (secondary N) is 1. The molecule has 0 aliphatic heterocycles. The Kier molecular flexibility index (Phi) is 5.49. The molecule has 1 N–H and O–H groups in total. The van der Waals surface area contributed by atoms with E-state index in [0.29, 0.717) is 13.0 Å². The fourth-order valence-corrected chi connectivity index (χ4v) is 3.60. The zero-order valence-electron chi connectivity index (χ0n) is 15.1. The molecule has 3 heterocycles. The molecule has 0 atom stereocenters. The molecule has 0 radical (unpaired) electrons. The minimum absolute atomic E-state index is 0.0213. The molecule has 0 aliphatic rings. The Morgan fingerprint density at radius 2 is 1.75 bits per heavy atom. The molecule has 0 bridgehead atoms. The number of benzene rings is 1.